The summed E-state index contributed by atoms with van der Waals surface area (Å²) in [4.78, 5) is 12.3. The van der Waals surface area contributed by atoms with Crippen molar-refractivity contribution in [2.75, 3.05) is 43.3 Å². The molecule has 1 aliphatic heterocycles. The van der Waals surface area contributed by atoms with Gasteiger partial charge in [0.2, 0.25) is 10.0 Å². The summed E-state index contributed by atoms with van der Waals surface area (Å²) in [6.07, 6.45) is 0. The van der Waals surface area contributed by atoms with Crippen molar-refractivity contribution in [2.45, 2.75) is 11.8 Å². The van der Waals surface area contributed by atoms with Crippen LogP contribution in [0.4, 0.5) is 5.69 Å². The topological polar surface area (TPSA) is 122 Å². The lowest BCUT2D eigenvalue weighted by atomic mass is 10.2. The molecule has 11 heteroatoms. The molecule has 168 valence electrons. The Balaban J connectivity index is 1.58. The van der Waals surface area contributed by atoms with Crippen LogP contribution in [0, 0.1) is 6.92 Å². The number of anilines is 1. The lowest BCUT2D eigenvalue weighted by Gasteiger charge is -2.26. The summed E-state index contributed by atoms with van der Waals surface area (Å²) < 4.78 is 58.7. The van der Waals surface area contributed by atoms with Gasteiger partial charge >= 0.3 is 0 Å². The summed E-state index contributed by atoms with van der Waals surface area (Å²) in [6, 6.07) is 12.4. The molecule has 0 bridgehead atoms. The maximum atomic E-state index is 12.6. The van der Waals surface area contributed by atoms with Crippen molar-refractivity contribution in [3.05, 3.63) is 59.7 Å². The lowest BCUT2D eigenvalue weighted by molar-refractivity contribution is 0.0730. The van der Waals surface area contributed by atoms with Gasteiger partial charge in [0.1, 0.15) is 0 Å². The molecule has 0 aromatic heterocycles. The number of para-hydroxylation sites is 1. The first-order valence-corrected chi connectivity index (χ1v) is 12.8. The summed E-state index contributed by atoms with van der Waals surface area (Å²) in [7, 11) is -7.27. The van der Waals surface area contributed by atoms with Gasteiger partial charge in [-0.25, -0.2) is 16.8 Å². The van der Waals surface area contributed by atoms with E-state index in [1.807, 2.05) is 6.07 Å². The summed E-state index contributed by atoms with van der Waals surface area (Å²) in [5.74, 6) is -0.695. The third-order valence-electron chi connectivity index (χ3n) is 4.83. The van der Waals surface area contributed by atoms with Crippen LogP contribution >= 0.6 is 0 Å². The van der Waals surface area contributed by atoms with Gasteiger partial charge in [0.15, 0.2) is 0 Å². The first kappa shape index (κ1) is 23.2. The number of rotatable bonds is 8. The zero-order chi connectivity index (χ0) is 22.5. The Kier molecular flexibility index (Phi) is 7.31. The number of ether oxygens (including phenoxy) is 1. The highest BCUT2D eigenvalue weighted by molar-refractivity contribution is 7.92. The van der Waals surface area contributed by atoms with Gasteiger partial charge in [0, 0.05) is 25.2 Å². The first-order chi connectivity index (χ1) is 14.7. The maximum Gasteiger partial charge on any atom is 0.261 e. The number of nitrogens with one attached hydrogen (secondary N) is 2. The molecule has 1 amide bonds. The number of amides is 1. The fourth-order valence-corrected chi connectivity index (χ4v) is 5.48. The van der Waals surface area contributed by atoms with Crippen LogP contribution in [0.5, 0.6) is 0 Å². The van der Waals surface area contributed by atoms with Crippen LogP contribution in [0.3, 0.4) is 0 Å². The fraction of sp³-hybridized carbons (Fsp3) is 0.350. The Morgan fingerprint density at radius 2 is 1.65 bits per heavy atom. The Hall–Kier alpha value is -2.47. The zero-order valence-electron chi connectivity index (χ0n) is 17.1. The molecular weight excluding hydrogens is 442 g/mol. The summed E-state index contributed by atoms with van der Waals surface area (Å²) in [6.45, 7) is 3.09. The number of nitrogens with zero attached hydrogens (tertiary/aromatic N) is 1. The summed E-state index contributed by atoms with van der Waals surface area (Å²) >= 11 is 0. The minimum absolute atomic E-state index is 0.0159. The molecule has 1 aliphatic rings. The minimum atomic E-state index is -3.80. The number of aryl methyl sites for hydroxylation is 1. The molecule has 1 saturated heterocycles. The zero-order valence-corrected chi connectivity index (χ0v) is 18.7. The highest BCUT2D eigenvalue weighted by atomic mass is 32.2. The van der Waals surface area contributed by atoms with E-state index in [2.05, 4.69) is 10.0 Å². The van der Waals surface area contributed by atoms with Crippen LogP contribution in [-0.4, -0.2) is 65.6 Å². The SMILES string of the molecule is Cc1ccccc1NS(=O)(=O)c1ccc(C(=O)NCCS(=O)(=O)N2CCOCC2)cc1. The third-order valence-corrected chi connectivity index (χ3v) is 8.08. The fourth-order valence-electron chi connectivity index (χ4n) is 3.03. The van der Waals surface area contributed by atoms with Crippen LogP contribution in [-0.2, 0) is 24.8 Å². The van der Waals surface area contributed by atoms with Gasteiger partial charge < -0.3 is 10.1 Å². The molecule has 1 fully saturated rings. The highest BCUT2D eigenvalue weighted by Gasteiger charge is 2.24. The molecule has 0 spiro atoms. The number of benzene rings is 2. The van der Waals surface area contributed by atoms with Crippen molar-refractivity contribution in [3.63, 3.8) is 0 Å². The molecule has 0 radical (unpaired) electrons. The van der Waals surface area contributed by atoms with Gasteiger partial charge in [-0.05, 0) is 42.8 Å². The van der Waals surface area contributed by atoms with Gasteiger partial charge in [-0.2, -0.15) is 4.31 Å². The van der Waals surface area contributed by atoms with Gasteiger partial charge in [-0.3, -0.25) is 9.52 Å². The van der Waals surface area contributed by atoms with Gasteiger partial charge in [0.05, 0.1) is 29.5 Å². The number of carbonyl (C=O) groups excluding carboxylic acids is 1. The highest BCUT2D eigenvalue weighted by Crippen LogP contribution is 2.19. The monoisotopic (exact) mass is 467 g/mol. The summed E-state index contributed by atoms with van der Waals surface area (Å²) in [5, 5.41) is 2.56. The molecular formula is C20H25N3O6S2. The van der Waals surface area contributed by atoms with Crippen LogP contribution in [0.15, 0.2) is 53.4 Å². The molecule has 2 aromatic carbocycles. The molecule has 0 unspecified atom stereocenters. The third kappa shape index (κ3) is 6.03. The minimum Gasteiger partial charge on any atom is -0.379 e. The van der Waals surface area contributed by atoms with E-state index < -0.39 is 26.0 Å². The number of sulfonamides is 2. The van der Waals surface area contributed by atoms with E-state index >= 15 is 0 Å². The van der Waals surface area contributed by atoms with E-state index in [1.165, 1.54) is 28.6 Å². The number of hydrogen-bond acceptors (Lipinski definition) is 6. The van der Waals surface area contributed by atoms with Crippen molar-refractivity contribution in [2.24, 2.45) is 0 Å². The molecule has 2 aromatic rings. The predicted octanol–water partition coefficient (Wildman–Crippen LogP) is 1.19. The molecule has 9 nitrogen and oxygen atoms in total. The van der Waals surface area contributed by atoms with E-state index in [0.29, 0.717) is 32.0 Å². The number of carbonyl (C=O) groups is 1. The van der Waals surface area contributed by atoms with Crippen LogP contribution < -0.4 is 10.0 Å². The second kappa shape index (κ2) is 9.77. The second-order valence-electron chi connectivity index (χ2n) is 7.03. The van der Waals surface area contributed by atoms with Crippen molar-refractivity contribution in [3.8, 4) is 0 Å². The molecule has 0 saturated carbocycles. The molecule has 1 heterocycles. The van der Waals surface area contributed by atoms with Crippen molar-refractivity contribution in [1.29, 1.82) is 0 Å². The van der Waals surface area contributed by atoms with Gasteiger partial charge in [-0.1, -0.05) is 18.2 Å². The Morgan fingerprint density at radius 3 is 2.29 bits per heavy atom. The van der Waals surface area contributed by atoms with Crippen LogP contribution in [0.1, 0.15) is 15.9 Å². The second-order valence-corrected chi connectivity index (χ2v) is 10.8. The quantitative estimate of drug-likeness (QED) is 0.601. The van der Waals surface area contributed by atoms with Crippen LogP contribution in [0.2, 0.25) is 0 Å². The van der Waals surface area contributed by atoms with Crippen molar-refractivity contribution < 1.29 is 26.4 Å². The first-order valence-electron chi connectivity index (χ1n) is 9.71. The standard InChI is InChI=1S/C20H25N3O6S2/c1-16-4-2-3-5-19(16)22-31(27,28)18-8-6-17(7-9-18)20(24)21-10-15-30(25,26)23-11-13-29-14-12-23/h2-9,22H,10-15H2,1H3,(H,21,24). The van der Waals surface area contributed by atoms with E-state index in [9.17, 15) is 21.6 Å². The van der Waals surface area contributed by atoms with Gasteiger partial charge in [0.25, 0.3) is 15.9 Å². The van der Waals surface area contributed by atoms with E-state index in [4.69, 9.17) is 4.74 Å². The summed E-state index contributed by atoms with van der Waals surface area (Å²) in [5.41, 5.74) is 1.50. The van der Waals surface area contributed by atoms with Crippen molar-refractivity contribution in [1.82, 2.24) is 9.62 Å². The average Bonchev–Trinajstić information content (AvgIpc) is 2.76. The van der Waals surface area contributed by atoms with E-state index in [0.717, 1.165) is 5.56 Å². The Labute approximate surface area is 182 Å². The predicted molar refractivity (Wildman–Crippen MR) is 117 cm³/mol. The molecule has 2 N–H and O–H groups in total. The van der Waals surface area contributed by atoms with Crippen molar-refractivity contribution >= 4 is 31.6 Å². The molecule has 3 rings (SSSR count). The van der Waals surface area contributed by atoms with E-state index in [1.54, 1.807) is 25.1 Å². The lowest BCUT2D eigenvalue weighted by Crippen LogP contribution is -2.43. The molecule has 0 atom stereocenters. The maximum absolute atomic E-state index is 12.6. The Morgan fingerprint density at radius 1 is 1.00 bits per heavy atom. The molecule has 0 aliphatic carbocycles. The smallest absolute Gasteiger partial charge is 0.261 e. The normalized spacial score (nSPS) is 15.4. The number of hydrogen-bond donors (Lipinski definition) is 2. The average molecular weight is 468 g/mol. The Bertz CT molecular complexity index is 1130. The largest absolute Gasteiger partial charge is 0.379 e. The molecule has 31 heavy (non-hydrogen) atoms. The number of morpholine rings is 1. The van der Waals surface area contributed by atoms with Crippen LogP contribution in [0.25, 0.3) is 0 Å². The van der Waals surface area contributed by atoms with Gasteiger partial charge in [-0.15, -0.1) is 0 Å². The van der Waals surface area contributed by atoms with E-state index in [-0.39, 0.29) is 22.8 Å².